The number of hydrogen-bond donors (Lipinski definition) is 1. The summed E-state index contributed by atoms with van der Waals surface area (Å²) < 4.78 is 6.05. The van der Waals surface area contributed by atoms with Crippen LogP contribution in [-0.2, 0) is 4.74 Å². The van der Waals surface area contributed by atoms with E-state index in [2.05, 4.69) is 10.1 Å². The minimum absolute atomic E-state index is 0.0694. The lowest BCUT2D eigenvalue weighted by Gasteiger charge is -2.04. The van der Waals surface area contributed by atoms with Crippen molar-refractivity contribution in [3.63, 3.8) is 0 Å². The van der Waals surface area contributed by atoms with Crippen LogP contribution in [0.25, 0.3) is 16.9 Å². The number of ether oxygens (including phenoxy) is 1. The van der Waals surface area contributed by atoms with Crippen molar-refractivity contribution in [2.24, 2.45) is 4.99 Å². The number of aliphatic imine (C=N–C) groups is 1. The highest BCUT2D eigenvalue weighted by molar-refractivity contribution is 6.04. The number of non-ortho nitro benzene ring substituents is 1. The van der Waals surface area contributed by atoms with Crippen molar-refractivity contribution in [2.75, 3.05) is 7.11 Å². The summed E-state index contributed by atoms with van der Waals surface area (Å²) in [5, 5.41) is 14.1. The standard InChI is InChI=1S/C25H20N4O5/c1-16(26-19-10-8-18(9-11-19)25(31)34-2)22-23(17-6-4-3-5-7-17)27-28(24(22)30)20-12-14-21(15-13-20)29(32)33/h3-15,27H,1-2H3. The number of H-pyrrole nitrogens is 1. The molecule has 0 aliphatic heterocycles. The summed E-state index contributed by atoms with van der Waals surface area (Å²) in [6.07, 6.45) is 0. The minimum Gasteiger partial charge on any atom is -0.465 e. The van der Waals surface area contributed by atoms with Gasteiger partial charge in [-0.2, -0.15) is 0 Å². The fraction of sp³-hybridized carbons (Fsp3) is 0.0800. The highest BCUT2D eigenvalue weighted by atomic mass is 16.6. The van der Waals surface area contributed by atoms with Crippen molar-refractivity contribution in [3.05, 3.63) is 110 Å². The van der Waals surface area contributed by atoms with Gasteiger partial charge in [-0.05, 0) is 43.3 Å². The Hall–Kier alpha value is -4.79. The normalized spacial score (nSPS) is 11.3. The van der Waals surface area contributed by atoms with Crippen LogP contribution in [0.5, 0.6) is 0 Å². The second-order valence-electron chi connectivity index (χ2n) is 7.38. The molecule has 0 aliphatic rings. The van der Waals surface area contributed by atoms with Gasteiger partial charge in [0.05, 0.1) is 45.9 Å². The molecule has 4 rings (SSSR count). The molecule has 0 atom stereocenters. The number of aromatic nitrogens is 2. The maximum absolute atomic E-state index is 13.5. The third kappa shape index (κ3) is 4.40. The Morgan fingerprint density at radius 2 is 1.65 bits per heavy atom. The quantitative estimate of drug-likeness (QED) is 0.196. The van der Waals surface area contributed by atoms with Crippen molar-refractivity contribution in [1.82, 2.24) is 9.78 Å². The van der Waals surface area contributed by atoms with Crippen molar-refractivity contribution in [1.29, 1.82) is 0 Å². The number of benzene rings is 3. The summed E-state index contributed by atoms with van der Waals surface area (Å²) in [4.78, 5) is 40.2. The molecule has 0 saturated carbocycles. The molecule has 0 fully saturated rings. The third-order valence-electron chi connectivity index (χ3n) is 5.22. The minimum atomic E-state index is -0.496. The van der Waals surface area contributed by atoms with Gasteiger partial charge < -0.3 is 4.74 Å². The third-order valence-corrected chi connectivity index (χ3v) is 5.22. The van der Waals surface area contributed by atoms with Crippen LogP contribution in [0.4, 0.5) is 11.4 Å². The first-order valence-corrected chi connectivity index (χ1v) is 10.3. The molecule has 0 amide bonds. The second kappa shape index (κ2) is 9.37. The van der Waals surface area contributed by atoms with Gasteiger partial charge in [0.25, 0.3) is 11.2 Å². The summed E-state index contributed by atoms with van der Waals surface area (Å²) in [5.74, 6) is -0.449. The van der Waals surface area contributed by atoms with E-state index in [1.807, 2.05) is 30.3 Å². The zero-order chi connectivity index (χ0) is 24.2. The van der Waals surface area contributed by atoms with Gasteiger partial charge in [-0.25, -0.2) is 9.48 Å². The molecule has 0 spiro atoms. The largest absolute Gasteiger partial charge is 0.465 e. The molecule has 0 aliphatic carbocycles. The molecule has 0 radical (unpaired) electrons. The van der Waals surface area contributed by atoms with Crippen molar-refractivity contribution in [2.45, 2.75) is 6.92 Å². The molecule has 9 heteroatoms. The number of carbonyl (C=O) groups is 1. The van der Waals surface area contributed by atoms with E-state index >= 15 is 0 Å². The van der Waals surface area contributed by atoms with Crippen LogP contribution in [0.2, 0.25) is 0 Å². The highest BCUT2D eigenvalue weighted by Gasteiger charge is 2.20. The predicted octanol–water partition coefficient (Wildman–Crippen LogP) is 4.67. The van der Waals surface area contributed by atoms with Gasteiger partial charge >= 0.3 is 5.97 Å². The van der Waals surface area contributed by atoms with Gasteiger partial charge in [0.2, 0.25) is 0 Å². The SMILES string of the molecule is COC(=O)c1ccc(N=C(C)c2c(-c3ccccc3)[nH]n(-c3ccc([N+](=O)[O-])cc3)c2=O)cc1. The Kier molecular flexibility index (Phi) is 6.18. The lowest BCUT2D eigenvalue weighted by molar-refractivity contribution is -0.384. The van der Waals surface area contributed by atoms with Crippen molar-refractivity contribution < 1.29 is 14.5 Å². The molecule has 1 heterocycles. The van der Waals surface area contributed by atoms with Crippen LogP contribution in [0.1, 0.15) is 22.8 Å². The van der Waals surface area contributed by atoms with Crippen molar-refractivity contribution in [3.8, 4) is 16.9 Å². The molecule has 0 saturated heterocycles. The smallest absolute Gasteiger partial charge is 0.337 e. The topological polar surface area (TPSA) is 120 Å². The number of hydrogen-bond acceptors (Lipinski definition) is 6. The average Bonchev–Trinajstić information content (AvgIpc) is 3.21. The fourth-order valence-electron chi connectivity index (χ4n) is 3.53. The van der Waals surface area contributed by atoms with E-state index in [0.29, 0.717) is 33.9 Å². The Morgan fingerprint density at radius 1 is 1.00 bits per heavy atom. The first kappa shape index (κ1) is 22.4. The second-order valence-corrected chi connectivity index (χ2v) is 7.38. The number of methoxy groups -OCH3 is 1. The van der Waals surface area contributed by atoms with E-state index in [-0.39, 0.29) is 11.2 Å². The van der Waals surface area contributed by atoms with E-state index in [4.69, 9.17) is 4.74 Å². The predicted molar refractivity (Wildman–Crippen MR) is 128 cm³/mol. The van der Waals surface area contributed by atoms with Crippen LogP contribution in [0, 0.1) is 10.1 Å². The number of nitrogens with zero attached hydrogens (tertiary/aromatic N) is 3. The summed E-state index contributed by atoms with van der Waals surface area (Å²) >= 11 is 0. The lowest BCUT2D eigenvalue weighted by Crippen LogP contribution is -2.19. The highest BCUT2D eigenvalue weighted by Crippen LogP contribution is 2.24. The van der Waals surface area contributed by atoms with Crippen LogP contribution in [0.3, 0.4) is 0 Å². The van der Waals surface area contributed by atoms with Crippen LogP contribution in [0.15, 0.2) is 88.6 Å². The molecule has 4 aromatic rings. The average molecular weight is 456 g/mol. The van der Waals surface area contributed by atoms with E-state index in [1.54, 1.807) is 31.2 Å². The molecule has 34 heavy (non-hydrogen) atoms. The maximum atomic E-state index is 13.5. The molecular weight excluding hydrogens is 436 g/mol. The van der Waals surface area contributed by atoms with E-state index in [9.17, 15) is 19.7 Å². The summed E-state index contributed by atoms with van der Waals surface area (Å²) in [7, 11) is 1.31. The Bertz CT molecular complexity index is 1430. The Morgan fingerprint density at radius 3 is 2.24 bits per heavy atom. The van der Waals surface area contributed by atoms with Gasteiger partial charge in [0.15, 0.2) is 0 Å². The molecule has 0 bridgehead atoms. The van der Waals surface area contributed by atoms with Crippen molar-refractivity contribution >= 4 is 23.1 Å². The Balaban J connectivity index is 1.82. The van der Waals surface area contributed by atoms with Gasteiger partial charge in [-0.1, -0.05) is 30.3 Å². The van der Waals surface area contributed by atoms with Crippen LogP contribution in [-0.4, -0.2) is 33.5 Å². The number of esters is 1. The number of nitro benzene ring substituents is 1. The zero-order valence-corrected chi connectivity index (χ0v) is 18.4. The number of rotatable bonds is 6. The van der Waals surface area contributed by atoms with Gasteiger partial charge in [-0.3, -0.25) is 25.0 Å². The molecule has 0 unspecified atom stereocenters. The summed E-state index contributed by atoms with van der Waals surface area (Å²) in [6, 6.07) is 21.6. The molecule has 1 aromatic heterocycles. The molecule has 9 nitrogen and oxygen atoms in total. The van der Waals surface area contributed by atoms with Gasteiger partial charge in [0, 0.05) is 17.7 Å². The van der Waals surface area contributed by atoms with E-state index in [1.165, 1.54) is 36.1 Å². The molecule has 3 aromatic carbocycles. The van der Waals surface area contributed by atoms with E-state index < -0.39 is 10.9 Å². The molecule has 1 N–H and O–H groups in total. The molecular formula is C25H20N4O5. The number of aromatic amines is 1. The number of nitrogens with one attached hydrogen (secondary N) is 1. The first-order valence-electron chi connectivity index (χ1n) is 10.3. The Labute approximate surface area is 194 Å². The fourth-order valence-corrected chi connectivity index (χ4v) is 3.53. The van der Waals surface area contributed by atoms with E-state index in [0.717, 1.165) is 5.56 Å². The summed E-state index contributed by atoms with van der Waals surface area (Å²) in [6.45, 7) is 1.73. The summed E-state index contributed by atoms with van der Waals surface area (Å²) in [5.41, 5.74) is 3.17. The number of nitro groups is 1. The first-order chi connectivity index (χ1) is 16.4. The molecule has 170 valence electrons. The van der Waals surface area contributed by atoms with Crippen LogP contribution < -0.4 is 5.56 Å². The zero-order valence-electron chi connectivity index (χ0n) is 18.4. The monoisotopic (exact) mass is 456 g/mol. The van der Waals surface area contributed by atoms with Crippen LogP contribution >= 0.6 is 0 Å². The maximum Gasteiger partial charge on any atom is 0.337 e. The van der Waals surface area contributed by atoms with Gasteiger partial charge in [-0.15, -0.1) is 0 Å². The lowest BCUT2D eigenvalue weighted by atomic mass is 10.1. The van der Waals surface area contributed by atoms with Gasteiger partial charge in [0.1, 0.15) is 0 Å². The number of carbonyl (C=O) groups excluding carboxylic acids is 1.